The maximum absolute atomic E-state index is 13.3. The number of aliphatic carboxylic acids is 1. The fourth-order valence-electron chi connectivity index (χ4n) is 4.17. The molecule has 3 amide bonds. The molecule has 2 heterocycles. The molecule has 12 heteroatoms. The molecule has 210 valence electrons. The van der Waals surface area contributed by atoms with Gasteiger partial charge in [0, 0.05) is 41.8 Å². The number of nitrogens with one attached hydrogen (secondary N) is 5. The van der Waals surface area contributed by atoms with Crippen molar-refractivity contribution in [3.63, 3.8) is 0 Å². The maximum Gasteiger partial charge on any atom is 0.326 e. The molecule has 0 saturated carbocycles. The van der Waals surface area contributed by atoms with Crippen molar-refractivity contribution >= 4 is 34.6 Å². The molecule has 0 spiro atoms. The topological polar surface area (TPSA) is 195 Å². The second kappa shape index (κ2) is 13.1. The van der Waals surface area contributed by atoms with Gasteiger partial charge in [-0.1, -0.05) is 45.9 Å². The highest BCUT2D eigenvalue weighted by molar-refractivity contribution is 5.94. The average molecular weight is 540 g/mol. The lowest BCUT2D eigenvalue weighted by Crippen LogP contribution is -2.59. The van der Waals surface area contributed by atoms with Crippen molar-refractivity contribution < 1.29 is 24.3 Å². The number of carboxylic acid groups (broad SMARTS) is 1. The zero-order valence-electron chi connectivity index (χ0n) is 22.5. The summed E-state index contributed by atoms with van der Waals surface area (Å²) in [5.41, 5.74) is 8.17. The molecule has 0 aliphatic rings. The molecule has 0 radical (unpaired) electrons. The van der Waals surface area contributed by atoms with Gasteiger partial charge in [-0.05, 0) is 23.5 Å². The van der Waals surface area contributed by atoms with Crippen LogP contribution in [0.15, 0.2) is 43.0 Å². The fraction of sp³-hybridized carbons (Fsp3) is 0.444. The number of carbonyl (C=O) groups excluding carboxylic acids is 3. The number of amides is 3. The van der Waals surface area contributed by atoms with Gasteiger partial charge >= 0.3 is 5.97 Å². The van der Waals surface area contributed by atoms with E-state index < -0.39 is 47.9 Å². The van der Waals surface area contributed by atoms with Crippen LogP contribution in [-0.4, -0.2) is 67.9 Å². The number of aromatic nitrogens is 3. The number of aromatic amines is 2. The molecule has 39 heavy (non-hydrogen) atoms. The zero-order chi connectivity index (χ0) is 28.7. The first kappa shape index (κ1) is 29.4. The molecule has 0 aliphatic carbocycles. The summed E-state index contributed by atoms with van der Waals surface area (Å²) in [7, 11) is 0. The highest BCUT2D eigenvalue weighted by Crippen LogP contribution is 2.19. The minimum absolute atomic E-state index is 0.0510. The van der Waals surface area contributed by atoms with Crippen LogP contribution in [0.2, 0.25) is 0 Å². The third-order valence-corrected chi connectivity index (χ3v) is 6.59. The number of carboxylic acids is 1. The molecule has 8 N–H and O–H groups in total. The Morgan fingerprint density at radius 2 is 1.59 bits per heavy atom. The Morgan fingerprint density at radius 3 is 2.21 bits per heavy atom. The molecule has 2 aromatic heterocycles. The van der Waals surface area contributed by atoms with E-state index in [1.807, 2.05) is 24.3 Å². The molecule has 0 aliphatic heterocycles. The van der Waals surface area contributed by atoms with Crippen molar-refractivity contribution in [1.82, 2.24) is 30.9 Å². The van der Waals surface area contributed by atoms with Crippen molar-refractivity contribution in [2.24, 2.45) is 17.6 Å². The summed E-state index contributed by atoms with van der Waals surface area (Å²) in [6, 6.07) is 3.33. The Morgan fingerprint density at radius 1 is 0.897 bits per heavy atom. The first-order valence-corrected chi connectivity index (χ1v) is 12.9. The number of benzene rings is 1. The van der Waals surface area contributed by atoms with Crippen molar-refractivity contribution in [1.29, 1.82) is 0 Å². The van der Waals surface area contributed by atoms with Crippen molar-refractivity contribution in [3.8, 4) is 0 Å². The van der Waals surface area contributed by atoms with Crippen molar-refractivity contribution in [2.75, 3.05) is 0 Å². The summed E-state index contributed by atoms with van der Waals surface area (Å²) >= 11 is 0. The van der Waals surface area contributed by atoms with E-state index in [0.29, 0.717) is 5.69 Å². The highest BCUT2D eigenvalue weighted by atomic mass is 16.4. The number of hydrogen-bond acceptors (Lipinski definition) is 6. The van der Waals surface area contributed by atoms with Gasteiger partial charge in [-0.3, -0.25) is 14.4 Å². The van der Waals surface area contributed by atoms with Gasteiger partial charge in [-0.2, -0.15) is 0 Å². The lowest BCUT2D eigenvalue weighted by Gasteiger charge is -2.27. The number of hydrogen-bond donors (Lipinski definition) is 7. The van der Waals surface area contributed by atoms with E-state index >= 15 is 0 Å². The van der Waals surface area contributed by atoms with Gasteiger partial charge in [-0.15, -0.1) is 0 Å². The second-order valence-corrected chi connectivity index (χ2v) is 10.3. The number of para-hydroxylation sites is 1. The Hall–Kier alpha value is -4.19. The van der Waals surface area contributed by atoms with Gasteiger partial charge in [0.05, 0.1) is 12.4 Å². The molecule has 0 bridgehead atoms. The number of rotatable bonds is 13. The molecule has 1 aromatic carbocycles. The maximum atomic E-state index is 13.3. The molecule has 12 nitrogen and oxygen atoms in total. The largest absolute Gasteiger partial charge is 0.480 e. The van der Waals surface area contributed by atoms with Crippen LogP contribution in [0.4, 0.5) is 0 Å². The van der Waals surface area contributed by atoms with Crippen LogP contribution < -0.4 is 21.7 Å². The Balaban J connectivity index is 1.75. The Bertz CT molecular complexity index is 1280. The van der Waals surface area contributed by atoms with E-state index in [9.17, 15) is 24.3 Å². The van der Waals surface area contributed by atoms with Gasteiger partial charge in [0.25, 0.3) is 0 Å². The van der Waals surface area contributed by atoms with Gasteiger partial charge in [-0.25, -0.2) is 9.78 Å². The summed E-state index contributed by atoms with van der Waals surface area (Å²) in [4.78, 5) is 61.3. The number of nitrogens with two attached hydrogens (primary N) is 1. The predicted molar refractivity (Wildman–Crippen MR) is 145 cm³/mol. The van der Waals surface area contributed by atoms with Crippen LogP contribution >= 0.6 is 0 Å². The van der Waals surface area contributed by atoms with Gasteiger partial charge < -0.3 is 36.8 Å². The van der Waals surface area contributed by atoms with Gasteiger partial charge in [0.15, 0.2) is 0 Å². The number of imidazole rings is 1. The van der Waals surface area contributed by atoms with Crippen LogP contribution in [0.5, 0.6) is 0 Å². The van der Waals surface area contributed by atoms with Crippen LogP contribution in [0.3, 0.4) is 0 Å². The van der Waals surface area contributed by atoms with E-state index in [1.165, 1.54) is 12.5 Å². The van der Waals surface area contributed by atoms with Crippen LogP contribution in [-0.2, 0) is 32.0 Å². The van der Waals surface area contributed by atoms with Crippen molar-refractivity contribution in [3.05, 3.63) is 54.2 Å². The zero-order valence-corrected chi connectivity index (χ0v) is 22.5. The first-order valence-electron chi connectivity index (χ1n) is 12.9. The normalized spacial score (nSPS) is 14.5. The summed E-state index contributed by atoms with van der Waals surface area (Å²) in [6.07, 6.45) is 4.85. The highest BCUT2D eigenvalue weighted by Gasteiger charge is 2.32. The number of nitrogens with zero attached hydrogens (tertiary/aromatic N) is 1. The summed E-state index contributed by atoms with van der Waals surface area (Å²) in [6.45, 7) is 7.05. The number of carbonyl (C=O) groups is 4. The number of H-pyrrole nitrogens is 2. The lowest BCUT2D eigenvalue weighted by atomic mass is 10.00. The predicted octanol–water partition coefficient (Wildman–Crippen LogP) is 0.855. The van der Waals surface area contributed by atoms with Gasteiger partial charge in [0.1, 0.15) is 18.1 Å². The molecule has 0 saturated heterocycles. The quantitative estimate of drug-likeness (QED) is 0.167. The molecule has 0 fully saturated rings. The lowest BCUT2D eigenvalue weighted by molar-refractivity contribution is -0.142. The summed E-state index contributed by atoms with van der Waals surface area (Å²) < 4.78 is 0. The summed E-state index contributed by atoms with van der Waals surface area (Å²) in [5, 5.41) is 18.6. The SMILES string of the molecule is CC(C)C(N)C(=O)NC(Cc1cnc[nH]1)C(=O)NC(C(=O)NC(Cc1c[nH]c2ccccc12)C(=O)O)C(C)C. The van der Waals surface area contributed by atoms with E-state index in [-0.39, 0.29) is 24.7 Å². The fourth-order valence-corrected chi connectivity index (χ4v) is 4.17. The molecular formula is C27H37N7O5. The smallest absolute Gasteiger partial charge is 0.326 e. The standard InChI is InChI=1S/C27H37N7O5/c1-14(2)22(28)25(36)32-20(10-17-12-29-13-31-17)24(35)34-23(15(3)4)26(37)33-21(27(38)39)9-16-11-30-19-8-6-5-7-18(16)19/h5-8,11-15,20-23,30H,9-10,28H2,1-4H3,(H,29,31)(H,32,36)(H,33,37)(H,34,35)(H,38,39). The second-order valence-electron chi connectivity index (χ2n) is 10.3. The van der Waals surface area contributed by atoms with Crippen LogP contribution in [0.25, 0.3) is 10.9 Å². The first-order chi connectivity index (χ1) is 18.5. The van der Waals surface area contributed by atoms with E-state index in [0.717, 1.165) is 16.5 Å². The number of fused-ring (bicyclic) bond motifs is 1. The molecular weight excluding hydrogens is 502 g/mol. The minimum atomic E-state index is -1.22. The van der Waals surface area contributed by atoms with E-state index in [1.54, 1.807) is 33.9 Å². The van der Waals surface area contributed by atoms with Crippen molar-refractivity contribution in [2.45, 2.75) is 64.7 Å². The third kappa shape index (κ3) is 7.66. The minimum Gasteiger partial charge on any atom is -0.480 e. The van der Waals surface area contributed by atoms with Crippen LogP contribution in [0.1, 0.15) is 39.0 Å². The molecule has 3 aromatic rings. The van der Waals surface area contributed by atoms with Gasteiger partial charge in [0.2, 0.25) is 17.7 Å². The third-order valence-electron chi connectivity index (χ3n) is 6.59. The van der Waals surface area contributed by atoms with E-state index in [2.05, 4.69) is 30.9 Å². The monoisotopic (exact) mass is 539 g/mol. The Labute approximate surface area is 226 Å². The van der Waals surface area contributed by atoms with Crippen LogP contribution in [0, 0.1) is 11.8 Å². The average Bonchev–Trinajstić information content (AvgIpc) is 3.55. The Kier molecular flexibility index (Phi) is 9.83. The molecule has 4 unspecified atom stereocenters. The molecule has 4 atom stereocenters. The molecule has 3 rings (SSSR count). The summed E-state index contributed by atoms with van der Waals surface area (Å²) in [5.74, 6) is -3.48. The van der Waals surface area contributed by atoms with E-state index in [4.69, 9.17) is 5.73 Å².